The van der Waals surface area contributed by atoms with Gasteiger partial charge in [0, 0.05) is 10.9 Å². The number of hydrazone groups is 1. The van der Waals surface area contributed by atoms with E-state index in [2.05, 4.69) is 15.5 Å². The smallest absolute Gasteiger partial charge is 0.246 e. The zero-order chi connectivity index (χ0) is 18.2. The van der Waals surface area contributed by atoms with Gasteiger partial charge in [0.25, 0.3) is 0 Å². The van der Waals surface area contributed by atoms with Gasteiger partial charge in [-0.3, -0.25) is 4.79 Å². The van der Waals surface area contributed by atoms with Crippen LogP contribution in [0, 0.1) is 6.92 Å². The lowest BCUT2D eigenvalue weighted by molar-refractivity contribution is -0.120. The highest BCUT2D eigenvalue weighted by molar-refractivity contribution is 7.09. The molecular weight excluding hydrogens is 338 g/mol. The number of rotatable bonds is 8. The van der Waals surface area contributed by atoms with E-state index in [-0.39, 0.29) is 12.3 Å². The van der Waals surface area contributed by atoms with E-state index in [4.69, 9.17) is 9.47 Å². The van der Waals surface area contributed by atoms with Crippen molar-refractivity contribution in [1.29, 1.82) is 0 Å². The summed E-state index contributed by atoms with van der Waals surface area (Å²) in [4.78, 5) is 16.2. The Hall–Kier alpha value is -2.41. The zero-order valence-electron chi connectivity index (χ0n) is 15.0. The van der Waals surface area contributed by atoms with Gasteiger partial charge in [-0.05, 0) is 45.9 Å². The minimum absolute atomic E-state index is 0.194. The highest BCUT2D eigenvalue weighted by Crippen LogP contribution is 2.28. The maximum Gasteiger partial charge on any atom is 0.246 e. The van der Waals surface area contributed by atoms with Crippen molar-refractivity contribution >= 4 is 23.0 Å². The van der Waals surface area contributed by atoms with Crippen molar-refractivity contribution in [2.75, 3.05) is 13.2 Å². The molecule has 1 amide bonds. The number of aryl methyl sites for hydroxylation is 1. The standard InChI is InChI=1S/C18H23N3O3S/c1-5-23-16-8-7-14(9-17(16)24-6-2)12(3)20-21-18(22)10-15-11-25-13(4)19-15/h7-9,11H,5-6,10H2,1-4H3,(H,21,22)/b20-12-. The highest BCUT2D eigenvalue weighted by Gasteiger charge is 2.09. The van der Waals surface area contributed by atoms with E-state index in [1.807, 2.05) is 51.3 Å². The van der Waals surface area contributed by atoms with E-state index in [1.54, 1.807) is 0 Å². The zero-order valence-corrected chi connectivity index (χ0v) is 15.8. The summed E-state index contributed by atoms with van der Waals surface area (Å²) in [5, 5.41) is 7.00. The molecule has 2 rings (SSSR count). The Morgan fingerprint density at radius 2 is 1.96 bits per heavy atom. The number of nitrogens with zero attached hydrogens (tertiary/aromatic N) is 2. The van der Waals surface area contributed by atoms with Gasteiger partial charge in [0.2, 0.25) is 5.91 Å². The number of carbonyl (C=O) groups excluding carboxylic acids is 1. The molecule has 0 unspecified atom stereocenters. The van der Waals surface area contributed by atoms with Crippen LogP contribution in [-0.2, 0) is 11.2 Å². The summed E-state index contributed by atoms with van der Waals surface area (Å²) in [6, 6.07) is 5.61. The predicted molar refractivity (Wildman–Crippen MR) is 99.7 cm³/mol. The number of ether oxygens (including phenoxy) is 2. The molecular formula is C18H23N3O3S. The van der Waals surface area contributed by atoms with Crippen molar-refractivity contribution in [3.63, 3.8) is 0 Å². The van der Waals surface area contributed by atoms with Gasteiger partial charge >= 0.3 is 0 Å². The molecule has 6 nitrogen and oxygen atoms in total. The van der Waals surface area contributed by atoms with Crippen molar-refractivity contribution in [2.45, 2.75) is 34.1 Å². The van der Waals surface area contributed by atoms with Crippen LogP contribution in [0.3, 0.4) is 0 Å². The Bertz CT molecular complexity index is 756. The number of amides is 1. The van der Waals surface area contributed by atoms with Crippen LogP contribution in [-0.4, -0.2) is 29.8 Å². The Morgan fingerprint density at radius 1 is 1.24 bits per heavy atom. The van der Waals surface area contributed by atoms with Gasteiger partial charge < -0.3 is 9.47 Å². The van der Waals surface area contributed by atoms with Crippen LogP contribution in [0.5, 0.6) is 11.5 Å². The number of carbonyl (C=O) groups is 1. The van der Waals surface area contributed by atoms with Gasteiger partial charge in [-0.15, -0.1) is 11.3 Å². The molecule has 1 heterocycles. The van der Waals surface area contributed by atoms with Crippen LogP contribution in [0.25, 0.3) is 0 Å². The molecule has 0 aliphatic rings. The third kappa shape index (κ3) is 5.56. The first-order chi connectivity index (χ1) is 12.0. The van der Waals surface area contributed by atoms with Gasteiger partial charge in [-0.25, -0.2) is 10.4 Å². The average molecular weight is 361 g/mol. The average Bonchev–Trinajstić information content (AvgIpc) is 2.99. The lowest BCUT2D eigenvalue weighted by Gasteiger charge is -2.12. The topological polar surface area (TPSA) is 72.8 Å². The first-order valence-electron chi connectivity index (χ1n) is 8.17. The van der Waals surface area contributed by atoms with Crippen molar-refractivity contribution in [1.82, 2.24) is 10.4 Å². The van der Waals surface area contributed by atoms with Crippen LogP contribution in [0.15, 0.2) is 28.7 Å². The fraction of sp³-hybridized carbons (Fsp3) is 0.389. The number of hydrogen-bond donors (Lipinski definition) is 1. The molecule has 0 atom stereocenters. The summed E-state index contributed by atoms with van der Waals surface area (Å²) >= 11 is 1.53. The maximum atomic E-state index is 12.0. The van der Waals surface area contributed by atoms with E-state index in [0.717, 1.165) is 16.3 Å². The SMILES string of the molecule is CCOc1ccc(/C(C)=N\NC(=O)Cc2csc(C)n2)cc1OCC. The highest BCUT2D eigenvalue weighted by atomic mass is 32.1. The lowest BCUT2D eigenvalue weighted by atomic mass is 10.1. The van der Waals surface area contributed by atoms with Gasteiger partial charge in [0.05, 0.1) is 36.0 Å². The molecule has 0 aliphatic heterocycles. The second-order valence-electron chi connectivity index (χ2n) is 5.29. The summed E-state index contributed by atoms with van der Waals surface area (Å²) in [6.07, 6.45) is 0.217. The number of aromatic nitrogens is 1. The molecule has 0 saturated heterocycles. The largest absolute Gasteiger partial charge is 0.490 e. The summed E-state index contributed by atoms with van der Waals surface area (Å²) in [5.74, 6) is 1.17. The van der Waals surface area contributed by atoms with Crippen LogP contribution in [0.1, 0.15) is 37.0 Å². The summed E-state index contributed by atoms with van der Waals surface area (Å²) in [7, 11) is 0. The molecule has 0 spiro atoms. The third-order valence-corrected chi connectivity index (χ3v) is 4.14. The van der Waals surface area contributed by atoms with Gasteiger partial charge in [-0.1, -0.05) is 0 Å². The van der Waals surface area contributed by atoms with Gasteiger partial charge in [0.15, 0.2) is 11.5 Å². The van der Waals surface area contributed by atoms with Crippen LogP contribution in [0.4, 0.5) is 0 Å². The van der Waals surface area contributed by atoms with Crippen molar-refractivity contribution in [3.8, 4) is 11.5 Å². The molecule has 134 valence electrons. The lowest BCUT2D eigenvalue weighted by Crippen LogP contribution is -2.21. The van der Waals surface area contributed by atoms with Crippen LogP contribution >= 0.6 is 11.3 Å². The van der Waals surface area contributed by atoms with E-state index in [0.29, 0.717) is 30.4 Å². The third-order valence-electron chi connectivity index (χ3n) is 3.32. The second-order valence-corrected chi connectivity index (χ2v) is 6.36. The molecule has 1 aromatic carbocycles. The summed E-state index contributed by atoms with van der Waals surface area (Å²) in [5.41, 5.74) is 4.87. The number of hydrogen-bond acceptors (Lipinski definition) is 6. The molecule has 25 heavy (non-hydrogen) atoms. The number of thiazole rings is 1. The fourth-order valence-corrected chi connectivity index (χ4v) is 2.79. The molecule has 0 saturated carbocycles. The fourth-order valence-electron chi connectivity index (χ4n) is 2.18. The Kier molecular flexibility index (Phi) is 6.94. The van der Waals surface area contributed by atoms with Crippen molar-refractivity contribution in [2.24, 2.45) is 5.10 Å². The van der Waals surface area contributed by atoms with Gasteiger partial charge in [-0.2, -0.15) is 5.10 Å². The Balaban J connectivity index is 2.05. The normalized spacial score (nSPS) is 11.3. The minimum Gasteiger partial charge on any atom is -0.490 e. The molecule has 7 heteroatoms. The first kappa shape index (κ1) is 18.9. The van der Waals surface area contributed by atoms with E-state index >= 15 is 0 Å². The number of benzene rings is 1. The van der Waals surface area contributed by atoms with E-state index < -0.39 is 0 Å². The van der Waals surface area contributed by atoms with Crippen LogP contribution in [0.2, 0.25) is 0 Å². The molecule has 0 bridgehead atoms. The van der Waals surface area contributed by atoms with Crippen molar-refractivity contribution < 1.29 is 14.3 Å². The van der Waals surface area contributed by atoms with E-state index in [9.17, 15) is 4.79 Å². The molecule has 0 fully saturated rings. The minimum atomic E-state index is -0.194. The molecule has 1 aromatic heterocycles. The Labute approximate surface area is 151 Å². The first-order valence-corrected chi connectivity index (χ1v) is 9.05. The molecule has 0 radical (unpaired) electrons. The molecule has 1 N–H and O–H groups in total. The second kappa shape index (κ2) is 9.17. The summed E-state index contributed by atoms with van der Waals surface area (Å²) < 4.78 is 11.2. The quantitative estimate of drug-likeness (QED) is 0.578. The van der Waals surface area contributed by atoms with Crippen LogP contribution < -0.4 is 14.9 Å². The number of nitrogens with one attached hydrogen (secondary N) is 1. The Morgan fingerprint density at radius 3 is 2.60 bits per heavy atom. The predicted octanol–water partition coefficient (Wildman–Crippen LogP) is 3.33. The van der Waals surface area contributed by atoms with E-state index in [1.165, 1.54) is 11.3 Å². The van der Waals surface area contributed by atoms with Crippen molar-refractivity contribution in [3.05, 3.63) is 39.8 Å². The van der Waals surface area contributed by atoms with Gasteiger partial charge in [0.1, 0.15) is 0 Å². The molecule has 2 aromatic rings. The summed E-state index contributed by atoms with van der Waals surface area (Å²) in [6.45, 7) is 8.70. The molecule has 0 aliphatic carbocycles. The maximum absolute atomic E-state index is 12.0. The monoisotopic (exact) mass is 361 g/mol.